The largest absolute Gasteiger partial charge is 0.339 e. The number of rotatable bonds is 5. The molecule has 0 radical (unpaired) electrons. The van der Waals surface area contributed by atoms with Crippen molar-refractivity contribution in [2.75, 3.05) is 27.2 Å². The van der Waals surface area contributed by atoms with Crippen LogP contribution in [0.25, 0.3) is 5.69 Å². The molecule has 5 nitrogen and oxygen atoms in total. The van der Waals surface area contributed by atoms with Gasteiger partial charge in [0, 0.05) is 36.4 Å². The molecule has 1 heterocycles. The Morgan fingerprint density at radius 1 is 1.36 bits per heavy atom. The number of fused-ring (bicyclic) bond motifs is 1. The number of likely N-dealkylation sites (N-methyl/N-ethyl adjacent to an activating group) is 2. The minimum absolute atomic E-state index is 0. The van der Waals surface area contributed by atoms with Crippen LogP contribution in [0.4, 0.5) is 0 Å². The van der Waals surface area contributed by atoms with Gasteiger partial charge in [0.2, 0.25) is 0 Å². The van der Waals surface area contributed by atoms with Crippen LogP contribution in [0.3, 0.4) is 0 Å². The minimum Gasteiger partial charge on any atom is -0.339 e. The first kappa shape index (κ1) is 20.0. The van der Waals surface area contributed by atoms with Gasteiger partial charge in [-0.1, -0.05) is 23.2 Å². The number of aromatic nitrogens is 2. The van der Waals surface area contributed by atoms with Crippen LogP contribution in [0.1, 0.15) is 28.2 Å². The molecule has 136 valence electrons. The van der Waals surface area contributed by atoms with Crippen LogP contribution in [-0.4, -0.2) is 47.8 Å². The normalized spacial score (nSPS) is 12.6. The number of hydrogen-bond donors (Lipinski definition) is 1. The van der Waals surface area contributed by atoms with Crippen LogP contribution in [0, 0.1) is 0 Å². The van der Waals surface area contributed by atoms with E-state index in [-0.39, 0.29) is 18.3 Å². The molecule has 1 amide bonds. The second kappa shape index (κ2) is 8.41. The van der Waals surface area contributed by atoms with Crippen LogP contribution < -0.4 is 5.32 Å². The fourth-order valence-corrected chi connectivity index (χ4v) is 3.51. The summed E-state index contributed by atoms with van der Waals surface area (Å²) in [5.41, 5.74) is 3.41. The quantitative estimate of drug-likeness (QED) is 0.832. The summed E-state index contributed by atoms with van der Waals surface area (Å²) in [5.74, 6) is -0.0489. The maximum Gasteiger partial charge on any atom is 0.274 e. The third kappa shape index (κ3) is 3.95. The molecule has 0 spiro atoms. The van der Waals surface area contributed by atoms with Gasteiger partial charge in [-0.3, -0.25) is 4.79 Å². The van der Waals surface area contributed by atoms with Crippen LogP contribution in [-0.2, 0) is 12.8 Å². The maximum atomic E-state index is 12.8. The molecule has 0 saturated carbocycles. The van der Waals surface area contributed by atoms with Crippen molar-refractivity contribution < 1.29 is 4.79 Å². The Morgan fingerprint density at radius 3 is 2.80 bits per heavy atom. The van der Waals surface area contributed by atoms with Gasteiger partial charge >= 0.3 is 0 Å². The molecular weight excluding hydrogens is 383 g/mol. The summed E-state index contributed by atoms with van der Waals surface area (Å²) < 4.78 is 1.81. The number of amides is 1. The number of benzene rings is 1. The highest BCUT2D eigenvalue weighted by molar-refractivity contribution is 6.35. The van der Waals surface area contributed by atoms with E-state index < -0.39 is 0 Å². The van der Waals surface area contributed by atoms with Crippen LogP contribution in [0.15, 0.2) is 18.2 Å². The monoisotopic (exact) mass is 402 g/mol. The minimum atomic E-state index is -0.0489. The standard InChI is InChI=1S/C17H20Cl2N4O.ClH/c1-20-8-9-22(2)17(24)16-12-4-3-5-14(12)23(21-16)15-7-6-11(18)10-13(15)19;/h6-7,10,20H,3-5,8-9H2,1-2H3;1H. The van der Waals surface area contributed by atoms with Gasteiger partial charge in [-0.05, 0) is 44.5 Å². The predicted octanol–water partition coefficient (Wildman–Crippen LogP) is 3.38. The van der Waals surface area contributed by atoms with E-state index in [1.54, 1.807) is 28.8 Å². The summed E-state index contributed by atoms with van der Waals surface area (Å²) in [6, 6.07) is 5.32. The van der Waals surface area contributed by atoms with Crippen molar-refractivity contribution in [2.45, 2.75) is 19.3 Å². The first-order chi connectivity index (χ1) is 11.5. The number of carbonyl (C=O) groups excluding carboxylic acids is 1. The predicted molar refractivity (Wildman–Crippen MR) is 104 cm³/mol. The van der Waals surface area contributed by atoms with E-state index in [4.69, 9.17) is 23.2 Å². The van der Waals surface area contributed by atoms with Gasteiger partial charge in [0.25, 0.3) is 5.91 Å². The van der Waals surface area contributed by atoms with Gasteiger partial charge in [-0.2, -0.15) is 5.10 Å². The van der Waals surface area contributed by atoms with E-state index in [1.165, 1.54) is 0 Å². The molecule has 1 aliphatic carbocycles. The fraction of sp³-hybridized carbons (Fsp3) is 0.412. The Kier molecular flexibility index (Phi) is 6.74. The van der Waals surface area contributed by atoms with Gasteiger partial charge in [0.1, 0.15) is 0 Å². The summed E-state index contributed by atoms with van der Waals surface area (Å²) in [6.45, 7) is 1.38. The first-order valence-corrected chi connectivity index (χ1v) is 8.74. The first-order valence-electron chi connectivity index (χ1n) is 7.99. The summed E-state index contributed by atoms with van der Waals surface area (Å²) in [7, 11) is 3.67. The third-order valence-corrected chi connectivity index (χ3v) is 4.85. The lowest BCUT2D eigenvalue weighted by atomic mass is 10.2. The van der Waals surface area contributed by atoms with Crippen molar-refractivity contribution >= 4 is 41.5 Å². The van der Waals surface area contributed by atoms with Crippen molar-refractivity contribution in [3.05, 3.63) is 45.2 Å². The second-order valence-corrected chi connectivity index (χ2v) is 6.81. The van der Waals surface area contributed by atoms with E-state index in [0.717, 1.165) is 42.8 Å². The van der Waals surface area contributed by atoms with Crippen LogP contribution in [0.5, 0.6) is 0 Å². The van der Waals surface area contributed by atoms with Crippen molar-refractivity contribution in [2.24, 2.45) is 0 Å². The summed E-state index contributed by atoms with van der Waals surface area (Å²) in [6.07, 6.45) is 2.80. The van der Waals surface area contributed by atoms with Crippen molar-refractivity contribution in [3.63, 3.8) is 0 Å². The summed E-state index contributed by atoms with van der Waals surface area (Å²) >= 11 is 12.3. The van der Waals surface area contributed by atoms with Crippen LogP contribution >= 0.6 is 35.6 Å². The average molecular weight is 404 g/mol. The lowest BCUT2D eigenvalue weighted by molar-refractivity contribution is 0.0789. The highest BCUT2D eigenvalue weighted by atomic mass is 35.5. The molecule has 3 rings (SSSR count). The number of halogens is 3. The zero-order valence-corrected chi connectivity index (χ0v) is 16.5. The molecule has 0 saturated heterocycles. The van der Waals surface area contributed by atoms with Gasteiger partial charge in [-0.15, -0.1) is 12.4 Å². The molecule has 25 heavy (non-hydrogen) atoms. The number of nitrogens with zero attached hydrogens (tertiary/aromatic N) is 3. The lowest BCUT2D eigenvalue weighted by Crippen LogP contribution is -2.33. The second-order valence-electron chi connectivity index (χ2n) is 5.97. The van der Waals surface area contributed by atoms with Gasteiger partial charge < -0.3 is 10.2 Å². The molecule has 0 aliphatic heterocycles. The third-order valence-electron chi connectivity index (χ3n) is 4.31. The highest BCUT2D eigenvalue weighted by Gasteiger charge is 2.28. The van der Waals surface area contributed by atoms with E-state index >= 15 is 0 Å². The molecule has 8 heteroatoms. The molecular formula is C17H21Cl3N4O. The molecule has 1 aromatic heterocycles. The van der Waals surface area contributed by atoms with E-state index in [9.17, 15) is 4.79 Å². The zero-order valence-electron chi connectivity index (χ0n) is 14.2. The van der Waals surface area contributed by atoms with Gasteiger partial charge in [-0.25, -0.2) is 4.68 Å². The Hall–Kier alpha value is -1.27. The van der Waals surface area contributed by atoms with E-state index in [0.29, 0.717) is 22.3 Å². The SMILES string of the molecule is CNCCN(C)C(=O)c1nn(-c2ccc(Cl)cc2Cl)c2c1CCC2.Cl. The zero-order chi connectivity index (χ0) is 17.3. The van der Waals surface area contributed by atoms with Gasteiger partial charge in [0.15, 0.2) is 5.69 Å². The van der Waals surface area contributed by atoms with E-state index in [1.807, 2.05) is 13.1 Å². The Balaban J connectivity index is 0.00000225. The number of nitrogens with one attached hydrogen (secondary N) is 1. The molecule has 0 bridgehead atoms. The topological polar surface area (TPSA) is 50.2 Å². The Labute approximate surface area is 163 Å². The fourth-order valence-electron chi connectivity index (χ4n) is 3.02. The van der Waals surface area contributed by atoms with Crippen LogP contribution in [0.2, 0.25) is 10.0 Å². The van der Waals surface area contributed by atoms with Crippen molar-refractivity contribution in [3.8, 4) is 5.69 Å². The lowest BCUT2D eigenvalue weighted by Gasteiger charge is -2.16. The number of carbonyl (C=O) groups is 1. The molecule has 0 unspecified atom stereocenters. The molecule has 1 aromatic carbocycles. The maximum absolute atomic E-state index is 12.8. The Bertz CT molecular complexity index is 775. The summed E-state index contributed by atoms with van der Waals surface area (Å²) in [4.78, 5) is 14.5. The molecule has 0 atom stereocenters. The van der Waals surface area contributed by atoms with Crippen molar-refractivity contribution in [1.82, 2.24) is 20.0 Å². The smallest absolute Gasteiger partial charge is 0.274 e. The molecule has 1 N–H and O–H groups in total. The average Bonchev–Trinajstić information content (AvgIpc) is 3.15. The Morgan fingerprint density at radius 2 is 2.12 bits per heavy atom. The van der Waals surface area contributed by atoms with Crippen molar-refractivity contribution in [1.29, 1.82) is 0 Å². The number of hydrogen-bond acceptors (Lipinski definition) is 3. The van der Waals surface area contributed by atoms with Gasteiger partial charge in [0.05, 0.1) is 10.7 Å². The summed E-state index contributed by atoms with van der Waals surface area (Å²) in [5, 5.41) is 8.76. The highest BCUT2D eigenvalue weighted by Crippen LogP contribution is 2.31. The van der Waals surface area contributed by atoms with E-state index in [2.05, 4.69) is 10.4 Å². The molecule has 0 fully saturated rings. The molecule has 1 aliphatic rings. The molecule has 2 aromatic rings.